The van der Waals surface area contributed by atoms with Crippen LogP contribution in [0.1, 0.15) is 367 Å². The monoisotopic (exact) mass is 976 g/mol. The minimum absolute atomic E-state index is 0.0157. The lowest BCUT2D eigenvalue weighted by Gasteiger charge is -2.22. The van der Waals surface area contributed by atoms with Crippen LogP contribution in [0.25, 0.3) is 0 Å². The molecule has 0 aromatic carbocycles. The first kappa shape index (κ1) is 67.9. The Bertz CT molecular complexity index is 990. The molecule has 0 aliphatic heterocycles. The van der Waals surface area contributed by atoms with Gasteiger partial charge >= 0.3 is 5.97 Å². The molecule has 69 heavy (non-hydrogen) atoms. The van der Waals surface area contributed by atoms with Crippen LogP contribution in [0.4, 0.5) is 0 Å². The van der Waals surface area contributed by atoms with Gasteiger partial charge in [-0.2, -0.15) is 0 Å². The summed E-state index contributed by atoms with van der Waals surface area (Å²) in [6, 6.07) is -0.541. The van der Waals surface area contributed by atoms with E-state index in [0.29, 0.717) is 25.9 Å². The van der Waals surface area contributed by atoms with E-state index in [4.69, 9.17) is 4.74 Å². The normalized spacial score (nSPS) is 12.5. The third kappa shape index (κ3) is 56.0. The molecule has 0 aromatic heterocycles. The van der Waals surface area contributed by atoms with Gasteiger partial charge in [0, 0.05) is 12.8 Å². The number of esters is 1. The predicted molar refractivity (Wildman–Crippen MR) is 301 cm³/mol. The molecule has 0 saturated heterocycles. The van der Waals surface area contributed by atoms with Crippen LogP contribution in [0, 0.1) is 0 Å². The second kappa shape index (κ2) is 59.4. The van der Waals surface area contributed by atoms with E-state index < -0.39 is 12.1 Å². The second-order valence-corrected chi connectivity index (χ2v) is 22.1. The summed E-state index contributed by atoms with van der Waals surface area (Å²) in [7, 11) is 0. The molecule has 3 N–H and O–H groups in total. The number of carbonyl (C=O) groups is 2. The minimum Gasteiger partial charge on any atom is -0.466 e. The quantitative estimate of drug-likeness (QED) is 0.0417. The zero-order valence-corrected chi connectivity index (χ0v) is 47.1. The summed E-state index contributed by atoms with van der Waals surface area (Å²) in [5.74, 6) is -0.0178. The number of amides is 1. The highest BCUT2D eigenvalue weighted by Crippen LogP contribution is 2.19. The van der Waals surface area contributed by atoms with Gasteiger partial charge in [-0.25, -0.2) is 0 Å². The van der Waals surface area contributed by atoms with Crippen LogP contribution in [0.15, 0.2) is 0 Å². The fraction of sp³-hybridized carbons (Fsp3) is 0.968. The molecule has 0 aliphatic rings. The van der Waals surface area contributed by atoms with E-state index >= 15 is 0 Å². The number of unbranched alkanes of at least 4 members (excludes halogenated alkanes) is 49. The van der Waals surface area contributed by atoms with Crippen molar-refractivity contribution in [1.82, 2.24) is 5.32 Å². The maximum Gasteiger partial charge on any atom is 0.305 e. The van der Waals surface area contributed by atoms with Crippen molar-refractivity contribution in [3.05, 3.63) is 0 Å². The minimum atomic E-state index is -0.664. The lowest BCUT2D eigenvalue weighted by molar-refractivity contribution is -0.143. The molecule has 0 aromatic rings. The Morgan fingerprint density at radius 1 is 0.348 bits per heavy atom. The van der Waals surface area contributed by atoms with Crippen molar-refractivity contribution in [3.63, 3.8) is 0 Å². The molecule has 6 heteroatoms. The summed E-state index contributed by atoms with van der Waals surface area (Å²) in [6.45, 7) is 4.99. The van der Waals surface area contributed by atoms with E-state index in [1.54, 1.807) is 0 Å². The van der Waals surface area contributed by atoms with E-state index in [-0.39, 0.29) is 18.5 Å². The smallest absolute Gasteiger partial charge is 0.305 e. The average molecular weight is 977 g/mol. The number of hydrogen-bond donors (Lipinski definition) is 3. The molecule has 0 heterocycles. The van der Waals surface area contributed by atoms with E-state index in [1.807, 2.05) is 0 Å². The van der Waals surface area contributed by atoms with Crippen molar-refractivity contribution in [2.24, 2.45) is 0 Å². The lowest BCUT2D eigenvalue weighted by Crippen LogP contribution is -2.45. The number of nitrogens with one attached hydrogen (secondary N) is 1. The first-order chi connectivity index (χ1) is 34.0. The van der Waals surface area contributed by atoms with Gasteiger partial charge in [0.2, 0.25) is 5.91 Å². The Labute approximate surface area is 432 Å². The highest BCUT2D eigenvalue weighted by molar-refractivity contribution is 5.76. The van der Waals surface area contributed by atoms with Gasteiger partial charge < -0.3 is 20.3 Å². The summed E-state index contributed by atoms with van der Waals surface area (Å²) in [5.41, 5.74) is 0. The molecule has 6 nitrogen and oxygen atoms in total. The Balaban J connectivity index is 3.36. The first-order valence-corrected chi connectivity index (χ1v) is 31.8. The van der Waals surface area contributed by atoms with Crippen LogP contribution < -0.4 is 5.32 Å². The highest BCUT2D eigenvalue weighted by Gasteiger charge is 2.20. The van der Waals surface area contributed by atoms with Gasteiger partial charge in [0.15, 0.2) is 0 Å². The van der Waals surface area contributed by atoms with E-state index in [1.165, 1.54) is 295 Å². The van der Waals surface area contributed by atoms with Crippen molar-refractivity contribution < 1.29 is 24.5 Å². The average Bonchev–Trinajstić information content (AvgIpc) is 3.35. The molecule has 2 atom stereocenters. The number of rotatable bonds is 60. The molecular formula is C63H125NO5. The Kier molecular flexibility index (Phi) is 58.4. The van der Waals surface area contributed by atoms with E-state index in [0.717, 1.165) is 38.5 Å². The fourth-order valence-corrected chi connectivity index (χ4v) is 10.3. The van der Waals surface area contributed by atoms with Crippen molar-refractivity contribution in [2.45, 2.75) is 379 Å². The fourth-order valence-electron chi connectivity index (χ4n) is 10.3. The van der Waals surface area contributed by atoms with Crippen molar-refractivity contribution in [1.29, 1.82) is 0 Å². The molecule has 412 valence electrons. The van der Waals surface area contributed by atoms with E-state index in [2.05, 4.69) is 19.2 Å². The van der Waals surface area contributed by atoms with Crippen LogP contribution in [0.2, 0.25) is 0 Å². The molecular weight excluding hydrogens is 851 g/mol. The van der Waals surface area contributed by atoms with Gasteiger partial charge in [0.1, 0.15) is 0 Å². The molecule has 0 bridgehead atoms. The maximum absolute atomic E-state index is 12.5. The summed E-state index contributed by atoms with van der Waals surface area (Å²) in [5, 5.41) is 23.3. The van der Waals surface area contributed by atoms with Gasteiger partial charge in [-0.3, -0.25) is 9.59 Å². The van der Waals surface area contributed by atoms with Crippen molar-refractivity contribution in [2.75, 3.05) is 13.2 Å². The van der Waals surface area contributed by atoms with Crippen LogP contribution >= 0.6 is 0 Å². The third-order valence-corrected chi connectivity index (χ3v) is 15.2. The van der Waals surface area contributed by atoms with Gasteiger partial charge in [-0.05, 0) is 25.7 Å². The number of aliphatic hydroxyl groups is 2. The summed E-state index contributed by atoms with van der Waals surface area (Å²) >= 11 is 0. The van der Waals surface area contributed by atoms with Crippen LogP contribution in [-0.2, 0) is 14.3 Å². The number of aliphatic hydroxyl groups excluding tert-OH is 2. The molecule has 2 unspecified atom stereocenters. The zero-order valence-electron chi connectivity index (χ0n) is 47.1. The summed E-state index contributed by atoms with van der Waals surface area (Å²) in [4.78, 5) is 24.6. The molecule has 0 fully saturated rings. The van der Waals surface area contributed by atoms with Gasteiger partial charge in [0.05, 0.1) is 25.4 Å². The van der Waals surface area contributed by atoms with Gasteiger partial charge in [-0.15, -0.1) is 0 Å². The van der Waals surface area contributed by atoms with Gasteiger partial charge in [-0.1, -0.05) is 328 Å². The maximum atomic E-state index is 12.5. The Morgan fingerprint density at radius 3 is 0.884 bits per heavy atom. The largest absolute Gasteiger partial charge is 0.466 e. The predicted octanol–water partition coefficient (Wildman–Crippen LogP) is 19.9. The Morgan fingerprint density at radius 2 is 0.594 bits per heavy atom. The molecule has 1 amide bonds. The number of ether oxygens (including phenoxy) is 1. The standard InChI is InChI=1S/C63H125NO5/c1-3-5-7-9-11-13-15-17-19-24-29-33-37-41-45-49-53-57-63(68)69-58-54-50-46-42-38-34-30-26-23-21-20-22-25-28-32-36-40-44-48-52-56-62(67)64-60(59-65)61(66)55-51-47-43-39-35-31-27-18-16-14-12-10-8-6-4-2/h60-61,65-66H,3-59H2,1-2H3,(H,64,67). The molecule has 0 radical (unpaired) electrons. The van der Waals surface area contributed by atoms with Crippen LogP contribution in [0.5, 0.6) is 0 Å². The molecule has 0 saturated carbocycles. The second-order valence-electron chi connectivity index (χ2n) is 22.1. The summed E-state index contributed by atoms with van der Waals surface area (Å²) < 4.78 is 5.50. The Hall–Kier alpha value is -1.14. The summed E-state index contributed by atoms with van der Waals surface area (Å²) in [6.07, 6.45) is 69.7. The van der Waals surface area contributed by atoms with E-state index in [9.17, 15) is 19.8 Å². The zero-order chi connectivity index (χ0) is 50.0. The number of hydrogen-bond acceptors (Lipinski definition) is 5. The van der Waals surface area contributed by atoms with Crippen LogP contribution in [-0.4, -0.2) is 47.4 Å². The topological polar surface area (TPSA) is 95.9 Å². The molecule has 0 spiro atoms. The number of carbonyl (C=O) groups excluding carboxylic acids is 2. The first-order valence-electron chi connectivity index (χ1n) is 31.8. The van der Waals surface area contributed by atoms with Crippen molar-refractivity contribution in [3.8, 4) is 0 Å². The SMILES string of the molecule is CCCCCCCCCCCCCCCCCCCC(=O)OCCCCCCCCCCCCCCCCCCCCCCC(=O)NC(CO)C(O)CCCCCCCCCCCCCCCCC. The molecule has 0 aliphatic carbocycles. The lowest BCUT2D eigenvalue weighted by atomic mass is 10.0. The highest BCUT2D eigenvalue weighted by atomic mass is 16.5. The molecule has 0 rings (SSSR count). The third-order valence-electron chi connectivity index (χ3n) is 15.2. The van der Waals surface area contributed by atoms with Crippen LogP contribution in [0.3, 0.4) is 0 Å². The van der Waals surface area contributed by atoms with Gasteiger partial charge in [0.25, 0.3) is 0 Å². The van der Waals surface area contributed by atoms with Crippen molar-refractivity contribution >= 4 is 11.9 Å².